The molecule has 1 fully saturated rings. The standard InChI is InChI=1S/C15H16F5NO2/c1-23-14(22)11-9(16)6-7-10(12(11)17)21-13(15(18,19)20)8-4-2-3-5-8/h6-8,13,21H,2-5H2,1H3. The Bertz CT molecular complexity index is 582. The van der Waals surface area contributed by atoms with E-state index in [-0.39, 0.29) is 0 Å². The average Bonchev–Trinajstić information content (AvgIpc) is 2.98. The van der Waals surface area contributed by atoms with Gasteiger partial charge in [-0.25, -0.2) is 13.6 Å². The van der Waals surface area contributed by atoms with E-state index in [0.717, 1.165) is 19.2 Å². The van der Waals surface area contributed by atoms with Crippen LogP contribution in [-0.4, -0.2) is 25.3 Å². The number of nitrogens with one attached hydrogen (secondary N) is 1. The molecule has 1 saturated carbocycles. The number of hydrogen-bond donors (Lipinski definition) is 1. The predicted molar refractivity (Wildman–Crippen MR) is 73.1 cm³/mol. The Labute approximate surface area is 129 Å². The molecular formula is C15H16F5NO2. The highest BCUT2D eigenvalue weighted by Gasteiger charge is 2.45. The van der Waals surface area contributed by atoms with Crippen LogP contribution in [0.3, 0.4) is 0 Å². The van der Waals surface area contributed by atoms with E-state index in [2.05, 4.69) is 10.1 Å². The first-order chi connectivity index (χ1) is 10.8. The van der Waals surface area contributed by atoms with Crippen LogP contribution in [0.15, 0.2) is 12.1 Å². The van der Waals surface area contributed by atoms with E-state index in [4.69, 9.17) is 0 Å². The van der Waals surface area contributed by atoms with Crippen molar-refractivity contribution in [2.24, 2.45) is 5.92 Å². The molecule has 0 aromatic heterocycles. The first-order valence-electron chi connectivity index (χ1n) is 7.15. The zero-order valence-electron chi connectivity index (χ0n) is 12.3. The smallest absolute Gasteiger partial charge is 0.408 e. The SMILES string of the molecule is COC(=O)c1c(F)ccc(NC(C2CCCC2)C(F)(F)F)c1F. The summed E-state index contributed by atoms with van der Waals surface area (Å²) in [7, 11) is 0.929. The fourth-order valence-corrected chi connectivity index (χ4v) is 2.88. The minimum absolute atomic E-state index is 0.379. The Balaban J connectivity index is 2.35. The number of halogens is 5. The number of methoxy groups -OCH3 is 1. The summed E-state index contributed by atoms with van der Waals surface area (Å²) in [5, 5.41) is 2.10. The van der Waals surface area contributed by atoms with Crippen LogP contribution in [-0.2, 0) is 4.74 Å². The van der Waals surface area contributed by atoms with Gasteiger partial charge >= 0.3 is 12.1 Å². The minimum atomic E-state index is -4.58. The molecule has 1 unspecified atom stereocenters. The van der Waals surface area contributed by atoms with Crippen molar-refractivity contribution in [2.45, 2.75) is 37.9 Å². The monoisotopic (exact) mass is 337 g/mol. The molecule has 1 aromatic rings. The van der Waals surface area contributed by atoms with Crippen molar-refractivity contribution in [3.05, 3.63) is 29.3 Å². The number of esters is 1. The molecular weight excluding hydrogens is 321 g/mol. The highest BCUT2D eigenvalue weighted by atomic mass is 19.4. The van der Waals surface area contributed by atoms with Crippen LogP contribution in [0.1, 0.15) is 36.0 Å². The van der Waals surface area contributed by atoms with Gasteiger partial charge in [-0.2, -0.15) is 13.2 Å². The molecule has 23 heavy (non-hydrogen) atoms. The summed E-state index contributed by atoms with van der Waals surface area (Å²) < 4.78 is 71.8. The molecule has 2 rings (SSSR count). The number of carbonyl (C=O) groups is 1. The zero-order valence-corrected chi connectivity index (χ0v) is 12.3. The lowest BCUT2D eigenvalue weighted by Crippen LogP contribution is -2.42. The Morgan fingerprint density at radius 1 is 1.26 bits per heavy atom. The zero-order chi connectivity index (χ0) is 17.2. The molecule has 1 aliphatic carbocycles. The van der Waals surface area contributed by atoms with Gasteiger partial charge in [0, 0.05) is 0 Å². The number of rotatable bonds is 4. The van der Waals surface area contributed by atoms with Gasteiger partial charge in [-0.1, -0.05) is 12.8 Å². The Morgan fingerprint density at radius 3 is 2.39 bits per heavy atom. The maximum atomic E-state index is 14.2. The van der Waals surface area contributed by atoms with E-state index in [1.54, 1.807) is 0 Å². The van der Waals surface area contributed by atoms with Crippen molar-refractivity contribution in [2.75, 3.05) is 12.4 Å². The van der Waals surface area contributed by atoms with Crippen molar-refractivity contribution in [1.29, 1.82) is 0 Å². The third-order valence-electron chi connectivity index (χ3n) is 4.02. The number of carbonyl (C=O) groups excluding carboxylic acids is 1. The molecule has 1 N–H and O–H groups in total. The largest absolute Gasteiger partial charge is 0.465 e. The number of anilines is 1. The lowest BCUT2D eigenvalue weighted by atomic mass is 9.97. The molecule has 0 amide bonds. The van der Waals surface area contributed by atoms with Crippen LogP contribution in [0.2, 0.25) is 0 Å². The summed E-state index contributed by atoms with van der Waals surface area (Å²) in [4.78, 5) is 11.4. The van der Waals surface area contributed by atoms with Crippen LogP contribution in [0.4, 0.5) is 27.6 Å². The number of alkyl halides is 3. The number of hydrogen-bond acceptors (Lipinski definition) is 3. The third kappa shape index (κ3) is 3.73. The van der Waals surface area contributed by atoms with Crippen LogP contribution in [0.25, 0.3) is 0 Å². The quantitative estimate of drug-likeness (QED) is 0.658. The highest BCUT2D eigenvalue weighted by Crippen LogP contribution is 2.38. The Hall–Kier alpha value is -1.86. The van der Waals surface area contributed by atoms with E-state index in [1.165, 1.54) is 0 Å². The molecule has 8 heteroatoms. The lowest BCUT2D eigenvalue weighted by molar-refractivity contribution is -0.152. The van der Waals surface area contributed by atoms with E-state index >= 15 is 0 Å². The van der Waals surface area contributed by atoms with Crippen molar-refractivity contribution >= 4 is 11.7 Å². The number of benzene rings is 1. The number of ether oxygens (including phenoxy) is 1. The van der Waals surface area contributed by atoms with E-state index in [9.17, 15) is 26.7 Å². The van der Waals surface area contributed by atoms with Crippen LogP contribution >= 0.6 is 0 Å². The van der Waals surface area contributed by atoms with Gasteiger partial charge in [0.15, 0.2) is 5.82 Å². The van der Waals surface area contributed by atoms with Crippen molar-refractivity contribution in [1.82, 2.24) is 0 Å². The van der Waals surface area contributed by atoms with Gasteiger partial charge in [0.1, 0.15) is 17.4 Å². The second kappa shape index (κ2) is 6.72. The molecule has 0 saturated heterocycles. The van der Waals surface area contributed by atoms with Gasteiger partial charge in [0.05, 0.1) is 12.8 Å². The van der Waals surface area contributed by atoms with Crippen LogP contribution in [0, 0.1) is 17.6 Å². The first kappa shape index (κ1) is 17.5. The molecule has 0 spiro atoms. The summed E-state index contributed by atoms with van der Waals surface area (Å²) in [5.74, 6) is -4.54. The van der Waals surface area contributed by atoms with Crippen molar-refractivity contribution < 1.29 is 31.5 Å². The summed E-state index contributed by atoms with van der Waals surface area (Å²) in [6, 6.07) is -0.361. The second-order valence-corrected chi connectivity index (χ2v) is 5.48. The first-order valence-corrected chi connectivity index (χ1v) is 7.15. The van der Waals surface area contributed by atoms with Gasteiger partial charge in [0.25, 0.3) is 0 Å². The van der Waals surface area contributed by atoms with Crippen LogP contribution in [0.5, 0.6) is 0 Å². The normalized spacial score (nSPS) is 17.1. The topological polar surface area (TPSA) is 38.3 Å². The summed E-state index contributed by atoms with van der Waals surface area (Å²) >= 11 is 0. The molecule has 1 atom stereocenters. The highest BCUT2D eigenvalue weighted by molar-refractivity contribution is 5.91. The Kier molecular flexibility index (Phi) is 5.11. The third-order valence-corrected chi connectivity index (χ3v) is 4.02. The molecule has 1 aliphatic rings. The second-order valence-electron chi connectivity index (χ2n) is 5.48. The molecule has 128 valence electrons. The lowest BCUT2D eigenvalue weighted by Gasteiger charge is -2.28. The average molecular weight is 337 g/mol. The van der Waals surface area contributed by atoms with E-state index in [0.29, 0.717) is 25.7 Å². The van der Waals surface area contributed by atoms with E-state index < -0.39 is 47.0 Å². The molecule has 1 aromatic carbocycles. The van der Waals surface area contributed by atoms with Gasteiger partial charge in [0.2, 0.25) is 0 Å². The van der Waals surface area contributed by atoms with Crippen molar-refractivity contribution in [3.8, 4) is 0 Å². The predicted octanol–water partition coefficient (Wildman–Crippen LogP) is 4.28. The van der Waals surface area contributed by atoms with Crippen molar-refractivity contribution in [3.63, 3.8) is 0 Å². The summed E-state index contributed by atoms with van der Waals surface area (Å²) in [5.41, 5.74) is -1.58. The molecule has 3 nitrogen and oxygen atoms in total. The fraction of sp³-hybridized carbons (Fsp3) is 0.533. The van der Waals surface area contributed by atoms with Gasteiger partial charge in [-0.3, -0.25) is 0 Å². The molecule has 0 radical (unpaired) electrons. The maximum absolute atomic E-state index is 14.2. The van der Waals surface area contributed by atoms with Crippen LogP contribution < -0.4 is 5.32 Å². The molecule has 0 aliphatic heterocycles. The summed E-state index contributed by atoms with van der Waals surface area (Å²) in [6.07, 6.45) is -2.47. The Morgan fingerprint density at radius 2 is 1.87 bits per heavy atom. The van der Waals surface area contributed by atoms with Gasteiger partial charge in [-0.15, -0.1) is 0 Å². The van der Waals surface area contributed by atoms with Gasteiger partial charge in [-0.05, 0) is 30.9 Å². The van der Waals surface area contributed by atoms with E-state index in [1.807, 2.05) is 0 Å². The molecule has 0 heterocycles. The fourth-order valence-electron chi connectivity index (χ4n) is 2.88. The minimum Gasteiger partial charge on any atom is -0.465 e. The summed E-state index contributed by atoms with van der Waals surface area (Å²) in [6.45, 7) is 0. The molecule has 0 bridgehead atoms. The maximum Gasteiger partial charge on any atom is 0.408 e. The van der Waals surface area contributed by atoms with Gasteiger partial charge < -0.3 is 10.1 Å².